The second-order valence-electron chi connectivity index (χ2n) is 13.9. The molecular weight excluding hydrogens is 559 g/mol. The van der Waals surface area contributed by atoms with E-state index >= 15 is 4.39 Å². The quantitative estimate of drug-likeness (QED) is 0.399. The summed E-state index contributed by atoms with van der Waals surface area (Å²) in [5, 5.41) is 23.2. The van der Waals surface area contributed by atoms with Crippen molar-refractivity contribution in [1.29, 1.82) is 0 Å². The molecule has 0 bridgehead atoms. The minimum atomic E-state index is -2.81. The lowest BCUT2D eigenvalue weighted by molar-refractivity contribution is -0.181. The number of ketones is 4. The van der Waals surface area contributed by atoms with Crippen LogP contribution in [0.2, 0.25) is 0 Å². The monoisotopic (exact) mass is 598 g/mol. The lowest BCUT2D eigenvalue weighted by atomic mass is 9.52. The largest absolute Gasteiger partial charge is 0.507 e. The maximum Gasteiger partial charge on any atom is 0.235 e. The number of aromatic hydroxyl groups is 1. The third kappa shape index (κ3) is 4.17. The molecule has 232 valence electrons. The van der Waals surface area contributed by atoms with E-state index in [0.29, 0.717) is 11.1 Å². The molecular formula is C31H39FN4O7. The Labute approximate surface area is 249 Å². The number of halogens is 1. The van der Waals surface area contributed by atoms with Gasteiger partial charge in [0.25, 0.3) is 0 Å². The number of benzene rings is 1. The number of amides is 1. The van der Waals surface area contributed by atoms with Gasteiger partial charge in [0.2, 0.25) is 5.91 Å². The van der Waals surface area contributed by atoms with Crippen molar-refractivity contribution >= 4 is 29.0 Å². The van der Waals surface area contributed by atoms with Gasteiger partial charge in [0.15, 0.2) is 34.7 Å². The van der Waals surface area contributed by atoms with Crippen molar-refractivity contribution in [2.45, 2.75) is 69.8 Å². The van der Waals surface area contributed by atoms with Gasteiger partial charge in [-0.2, -0.15) is 0 Å². The van der Waals surface area contributed by atoms with Gasteiger partial charge in [0, 0.05) is 47.8 Å². The van der Waals surface area contributed by atoms with Crippen molar-refractivity contribution in [3.8, 4) is 5.75 Å². The molecule has 0 radical (unpaired) electrons. The van der Waals surface area contributed by atoms with Crippen molar-refractivity contribution in [3.63, 3.8) is 0 Å². The smallest absolute Gasteiger partial charge is 0.235 e. The maximum atomic E-state index is 16.3. The molecule has 1 saturated heterocycles. The number of nitrogens with zero attached hydrogens (tertiary/aromatic N) is 3. The van der Waals surface area contributed by atoms with E-state index in [2.05, 4.69) is 23.6 Å². The Balaban J connectivity index is 1.38. The normalized spacial score (nSPS) is 33.0. The van der Waals surface area contributed by atoms with Crippen LogP contribution < -0.4 is 5.73 Å². The van der Waals surface area contributed by atoms with E-state index in [9.17, 15) is 34.2 Å². The lowest BCUT2D eigenvalue weighted by Gasteiger charge is -2.52. The first kappa shape index (κ1) is 30.0. The van der Waals surface area contributed by atoms with Gasteiger partial charge in [-0.05, 0) is 72.6 Å². The molecule has 2 unspecified atom stereocenters. The van der Waals surface area contributed by atoms with E-state index in [1.807, 2.05) is 0 Å². The number of fused-ring (bicyclic) bond motifs is 4. The molecule has 1 aromatic carbocycles. The standard InChI is InChI=1S/C31H39FN4O7/c1-30(2,13-35-7-5-6-8-35)36-11-16-17(12-36)24(37)20-15(22(16)32)9-14-10-18-23(34(3)4)26(39)21(29(33)42)28(41)31(18,43)27(40)19(14)25(20)38/h14,18-19,21,23,37,43H,5-13H2,1-4H3,(H2,33,42)/t14-,18-,19?,21?,23-,31-/m0/s1. The fourth-order valence-corrected chi connectivity index (χ4v) is 8.59. The van der Waals surface area contributed by atoms with Gasteiger partial charge < -0.3 is 20.8 Å². The fourth-order valence-electron chi connectivity index (χ4n) is 8.59. The van der Waals surface area contributed by atoms with Crippen molar-refractivity contribution < 1.29 is 38.6 Å². The van der Waals surface area contributed by atoms with Crippen LogP contribution in [0, 0.1) is 29.5 Å². The van der Waals surface area contributed by atoms with Crippen LogP contribution in [-0.4, -0.2) is 105 Å². The summed E-state index contributed by atoms with van der Waals surface area (Å²) >= 11 is 0. The topological polar surface area (TPSA) is 162 Å². The zero-order valence-electron chi connectivity index (χ0n) is 25.0. The Hall–Kier alpha value is -3.06. The van der Waals surface area contributed by atoms with Crippen LogP contribution in [0.25, 0.3) is 0 Å². The van der Waals surface area contributed by atoms with Gasteiger partial charge in [-0.1, -0.05) is 0 Å². The average Bonchev–Trinajstić information content (AvgIpc) is 3.59. The summed E-state index contributed by atoms with van der Waals surface area (Å²) in [6.07, 6.45) is 2.07. The van der Waals surface area contributed by atoms with E-state index in [0.717, 1.165) is 32.5 Å². The number of phenols is 1. The molecule has 43 heavy (non-hydrogen) atoms. The molecule has 3 fully saturated rings. The van der Waals surface area contributed by atoms with Gasteiger partial charge in [-0.25, -0.2) is 4.39 Å². The Morgan fingerprint density at radius 1 is 1.07 bits per heavy atom. The van der Waals surface area contributed by atoms with Crippen LogP contribution in [0.15, 0.2) is 0 Å². The SMILES string of the molecule is CN(C)[C@@H]1C(=O)C(C(N)=O)C(=O)[C@@]2(O)C(=O)C3C(=O)c4c(O)c5c(c(F)c4C[C@H]3C[C@@H]12)CN(C(C)(C)CN1CCCC1)C5. The molecule has 4 N–H and O–H groups in total. The predicted octanol–water partition coefficient (Wildman–Crippen LogP) is 0.196. The lowest BCUT2D eigenvalue weighted by Crippen LogP contribution is -2.74. The predicted molar refractivity (Wildman–Crippen MR) is 150 cm³/mol. The van der Waals surface area contributed by atoms with Crippen molar-refractivity contribution in [1.82, 2.24) is 14.7 Å². The van der Waals surface area contributed by atoms with E-state index in [1.165, 1.54) is 19.0 Å². The number of carbonyl (C=O) groups is 5. The molecule has 2 saturated carbocycles. The number of carbonyl (C=O) groups excluding carboxylic acids is 5. The number of primary amides is 1. The van der Waals surface area contributed by atoms with Crippen LogP contribution in [-0.2, 0) is 38.7 Å². The van der Waals surface area contributed by atoms with Crippen molar-refractivity contribution in [3.05, 3.63) is 28.1 Å². The fraction of sp³-hybridized carbons (Fsp3) is 0.645. The molecule has 1 amide bonds. The van der Waals surface area contributed by atoms with Gasteiger partial charge in [0.05, 0.1) is 17.5 Å². The number of aliphatic hydroxyl groups is 1. The number of phenolic OH excluding ortho intramolecular Hbond substituents is 1. The van der Waals surface area contributed by atoms with Crippen LogP contribution in [0.4, 0.5) is 4.39 Å². The van der Waals surface area contributed by atoms with Gasteiger partial charge in [-0.15, -0.1) is 0 Å². The zero-order valence-corrected chi connectivity index (χ0v) is 25.0. The van der Waals surface area contributed by atoms with Crippen LogP contribution >= 0.6 is 0 Å². The third-order valence-corrected chi connectivity index (χ3v) is 10.7. The summed E-state index contributed by atoms with van der Waals surface area (Å²) in [6.45, 7) is 7.40. The van der Waals surface area contributed by atoms with E-state index < -0.39 is 70.2 Å². The number of hydrogen-bond donors (Lipinski definition) is 3. The highest BCUT2D eigenvalue weighted by Crippen LogP contribution is 2.52. The van der Waals surface area contributed by atoms with Crippen LogP contribution in [0.3, 0.4) is 0 Å². The van der Waals surface area contributed by atoms with E-state index in [1.54, 1.807) is 0 Å². The van der Waals surface area contributed by atoms with Crippen molar-refractivity contribution in [2.24, 2.45) is 29.4 Å². The highest BCUT2D eigenvalue weighted by atomic mass is 19.1. The summed E-state index contributed by atoms with van der Waals surface area (Å²) in [7, 11) is 3.04. The molecule has 2 aliphatic heterocycles. The number of nitrogens with two attached hydrogens (primary N) is 1. The Kier molecular flexibility index (Phi) is 6.96. The van der Waals surface area contributed by atoms with Gasteiger partial charge in [-0.3, -0.25) is 33.8 Å². The molecule has 11 nitrogen and oxygen atoms in total. The summed E-state index contributed by atoms with van der Waals surface area (Å²) in [4.78, 5) is 72.7. The Morgan fingerprint density at radius 2 is 1.70 bits per heavy atom. The zero-order chi connectivity index (χ0) is 31.3. The van der Waals surface area contributed by atoms with Crippen LogP contribution in [0.5, 0.6) is 5.75 Å². The molecule has 0 spiro atoms. The average molecular weight is 599 g/mol. The number of likely N-dealkylation sites (tertiary alicyclic amines) is 1. The molecule has 0 aromatic heterocycles. The first-order valence-corrected chi connectivity index (χ1v) is 15.0. The van der Waals surface area contributed by atoms with Crippen molar-refractivity contribution in [2.75, 3.05) is 33.7 Å². The van der Waals surface area contributed by atoms with E-state index in [4.69, 9.17) is 5.73 Å². The number of hydrogen-bond acceptors (Lipinski definition) is 10. The van der Waals surface area contributed by atoms with E-state index in [-0.39, 0.29) is 48.3 Å². The Morgan fingerprint density at radius 3 is 2.30 bits per heavy atom. The first-order valence-electron chi connectivity index (χ1n) is 15.0. The second kappa shape index (κ2) is 9.98. The molecule has 2 heterocycles. The number of rotatable bonds is 5. The third-order valence-electron chi connectivity index (χ3n) is 10.7. The van der Waals surface area contributed by atoms with Gasteiger partial charge in [0.1, 0.15) is 11.6 Å². The summed E-state index contributed by atoms with van der Waals surface area (Å²) in [5.41, 5.74) is 2.57. The minimum absolute atomic E-state index is 0.0183. The Bertz CT molecular complexity index is 1470. The number of likely N-dealkylation sites (N-methyl/N-ethyl adjacent to an activating group) is 1. The van der Waals surface area contributed by atoms with Gasteiger partial charge >= 0.3 is 0 Å². The molecule has 1 aromatic rings. The minimum Gasteiger partial charge on any atom is -0.507 e. The highest BCUT2D eigenvalue weighted by Gasteiger charge is 2.69. The summed E-state index contributed by atoms with van der Waals surface area (Å²) < 4.78 is 16.3. The highest BCUT2D eigenvalue weighted by molar-refractivity contribution is 6.32. The van der Waals surface area contributed by atoms with Crippen LogP contribution in [0.1, 0.15) is 60.2 Å². The first-order chi connectivity index (χ1) is 20.1. The molecule has 6 rings (SSSR count). The molecule has 3 aliphatic carbocycles. The summed E-state index contributed by atoms with van der Waals surface area (Å²) in [6, 6.07) is -1.20. The maximum absolute atomic E-state index is 16.3. The number of Topliss-reactive ketones (excluding diaryl/α,β-unsaturated/α-hetero) is 4. The molecule has 5 aliphatic rings. The molecule has 6 atom stereocenters. The summed E-state index contributed by atoms with van der Waals surface area (Å²) in [5.74, 6) is -12.0. The molecule has 12 heteroatoms. The second-order valence-corrected chi connectivity index (χ2v) is 13.9.